The number of aromatic nitrogens is 2. The monoisotopic (exact) mass is 477 g/mol. The third-order valence-electron chi connectivity index (χ3n) is 5.45. The Kier molecular flexibility index (Phi) is 8.17. The number of aryl methyl sites for hydroxylation is 1. The van der Waals surface area contributed by atoms with Crippen LogP contribution in [0.2, 0.25) is 0 Å². The van der Waals surface area contributed by atoms with Gasteiger partial charge in [0.15, 0.2) is 0 Å². The molecule has 2 aromatic carbocycles. The standard InChI is InChI=1S/C27H35N5O3/c1-7-15-31(26(34)28-20-11-13-22(35-6)14-12-20)18-25(33)29-24-17-23(27(3,4)5)30-32(24)21-10-8-9-19(2)16-21/h8-14,16-17H,7,15,18H2,1-6H3,(H,28,34)(H,29,33). The number of anilines is 2. The summed E-state index contributed by atoms with van der Waals surface area (Å²) in [6.07, 6.45) is 0.721. The molecule has 0 fully saturated rings. The summed E-state index contributed by atoms with van der Waals surface area (Å²) < 4.78 is 6.90. The normalized spacial score (nSPS) is 11.1. The van der Waals surface area contributed by atoms with Crippen LogP contribution in [0.3, 0.4) is 0 Å². The molecule has 1 aromatic heterocycles. The second-order valence-corrected chi connectivity index (χ2v) is 9.54. The molecule has 8 heteroatoms. The maximum absolute atomic E-state index is 13.1. The summed E-state index contributed by atoms with van der Waals surface area (Å²) in [5, 5.41) is 10.6. The lowest BCUT2D eigenvalue weighted by atomic mass is 9.92. The summed E-state index contributed by atoms with van der Waals surface area (Å²) in [7, 11) is 1.59. The van der Waals surface area contributed by atoms with Crippen LogP contribution in [0.15, 0.2) is 54.6 Å². The zero-order chi connectivity index (χ0) is 25.6. The van der Waals surface area contributed by atoms with E-state index in [9.17, 15) is 9.59 Å². The summed E-state index contributed by atoms with van der Waals surface area (Å²) in [5.74, 6) is 0.975. The molecule has 0 atom stereocenters. The molecule has 0 saturated carbocycles. The van der Waals surface area contributed by atoms with Crippen LogP contribution in [0.25, 0.3) is 5.69 Å². The highest BCUT2D eigenvalue weighted by atomic mass is 16.5. The number of hydrogen-bond donors (Lipinski definition) is 2. The molecular weight excluding hydrogens is 442 g/mol. The quantitative estimate of drug-likeness (QED) is 0.457. The van der Waals surface area contributed by atoms with Crippen molar-refractivity contribution in [2.24, 2.45) is 0 Å². The third kappa shape index (κ3) is 6.85. The van der Waals surface area contributed by atoms with Crippen molar-refractivity contribution >= 4 is 23.4 Å². The molecule has 0 bridgehead atoms. The van der Waals surface area contributed by atoms with E-state index in [1.165, 1.54) is 4.90 Å². The van der Waals surface area contributed by atoms with Crippen molar-refractivity contribution in [2.75, 3.05) is 30.8 Å². The van der Waals surface area contributed by atoms with E-state index >= 15 is 0 Å². The average Bonchev–Trinajstić information content (AvgIpc) is 3.23. The maximum atomic E-state index is 13.1. The second kappa shape index (κ2) is 11.1. The van der Waals surface area contributed by atoms with E-state index in [0.717, 1.165) is 23.4 Å². The highest BCUT2D eigenvalue weighted by Gasteiger charge is 2.23. The molecular formula is C27H35N5O3. The van der Waals surface area contributed by atoms with E-state index in [1.807, 2.05) is 44.2 Å². The van der Waals surface area contributed by atoms with Crippen molar-refractivity contribution < 1.29 is 14.3 Å². The number of carbonyl (C=O) groups excluding carboxylic acids is 2. The van der Waals surface area contributed by atoms with Crippen LogP contribution in [-0.4, -0.2) is 46.8 Å². The molecule has 3 amide bonds. The van der Waals surface area contributed by atoms with Gasteiger partial charge < -0.3 is 20.3 Å². The van der Waals surface area contributed by atoms with Crippen LogP contribution in [0, 0.1) is 6.92 Å². The Morgan fingerprint density at radius 2 is 1.77 bits per heavy atom. The lowest BCUT2D eigenvalue weighted by Gasteiger charge is -2.22. The molecule has 2 N–H and O–H groups in total. The van der Waals surface area contributed by atoms with Crippen molar-refractivity contribution in [1.82, 2.24) is 14.7 Å². The van der Waals surface area contributed by atoms with Gasteiger partial charge in [0.05, 0.1) is 18.5 Å². The van der Waals surface area contributed by atoms with Gasteiger partial charge in [0, 0.05) is 23.7 Å². The molecule has 0 aliphatic carbocycles. The third-order valence-corrected chi connectivity index (χ3v) is 5.45. The van der Waals surface area contributed by atoms with Crippen LogP contribution in [0.4, 0.5) is 16.3 Å². The fourth-order valence-corrected chi connectivity index (χ4v) is 3.55. The van der Waals surface area contributed by atoms with Crippen molar-refractivity contribution in [3.05, 3.63) is 65.9 Å². The SMILES string of the molecule is CCCN(CC(=O)Nc1cc(C(C)(C)C)nn1-c1cccc(C)c1)C(=O)Nc1ccc(OC)cc1. The van der Waals surface area contributed by atoms with Crippen molar-refractivity contribution in [1.29, 1.82) is 0 Å². The predicted octanol–water partition coefficient (Wildman–Crippen LogP) is 5.37. The first kappa shape index (κ1) is 25.8. The molecule has 0 aliphatic heterocycles. The lowest BCUT2D eigenvalue weighted by Crippen LogP contribution is -2.41. The summed E-state index contributed by atoms with van der Waals surface area (Å²) in [4.78, 5) is 27.4. The molecule has 3 aromatic rings. The van der Waals surface area contributed by atoms with E-state index in [4.69, 9.17) is 9.84 Å². The van der Waals surface area contributed by atoms with Gasteiger partial charge in [-0.3, -0.25) is 4.79 Å². The zero-order valence-corrected chi connectivity index (χ0v) is 21.4. The Morgan fingerprint density at radius 1 is 1.06 bits per heavy atom. The van der Waals surface area contributed by atoms with E-state index in [2.05, 4.69) is 31.4 Å². The average molecular weight is 478 g/mol. The largest absolute Gasteiger partial charge is 0.497 e. The summed E-state index contributed by atoms with van der Waals surface area (Å²) in [6, 6.07) is 16.6. The Bertz CT molecular complexity index is 1160. The number of amides is 3. The molecule has 35 heavy (non-hydrogen) atoms. The lowest BCUT2D eigenvalue weighted by molar-refractivity contribution is -0.116. The smallest absolute Gasteiger partial charge is 0.322 e. The predicted molar refractivity (Wildman–Crippen MR) is 140 cm³/mol. The van der Waals surface area contributed by atoms with Crippen molar-refractivity contribution in [3.8, 4) is 11.4 Å². The highest BCUT2D eigenvalue weighted by molar-refractivity contribution is 5.96. The Hall–Kier alpha value is -3.81. The number of benzene rings is 2. The molecule has 0 aliphatic rings. The first-order chi connectivity index (χ1) is 16.6. The van der Waals surface area contributed by atoms with Crippen LogP contribution in [-0.2, 0) is 10.2 Å². The van der Waals surface area contributed by atoms with Crippen LogP contribution >= 0.6 is 0 Å². The van der Waals surface area contributed by atoms with Gasteiger partial charge in [0.25, 0.3) is 0 Å². The number of rotatable bonds is 8. The molecule has 8 nitrogen and oxygen atoms in total. The molecule has 186 valence electrons. The molecule has 1 heterocycles. The number of urea groups is 1. The van der Waals surface area contributed by atoms with Gasteiger partial charge in [-0.25, -0.2) is 9.48 Å². The van der Waals surface area contributed by atoms with Crippen LogP contribution in [0.5, 0.6) is 5.75 Å². The number of ether oxygens (including phenoxy) is 1. The van der Waals surface area contributed by atoms with E-state index in [0.29, 0.717) is 23.8 Å². The van der Waals surface area contributed by atoms with E-state index in [-0.39, 0.29) is 23.9 Å². The number of carbonyl (C=O) groups is 2. The highest BCUT2D eigenvalue weighted by Crippen LogP contribution is 2.26. The second-order valence-electron chi connectivity index (χ2n) is 9.54. The van der Waals surface area contributed by atoms with Gasteiger partial charge in [0.1, 0.15) is 18.1 Å². The molecule has 0 unspecified atom stereocenters. The zero-order valence-electron chi connectivity index (χ0n) is 21.4. The first-order valence-corrected chi connectivity index (χ1v) is 11.8. The van der Waals surface area contributed by atoms with Crippen molar-refractivity contribution in [3.63, 3.8) is 0 Å². The summed E-state index contributed by atoms with van der Waals surface area (Å²) >= 11 is 0. The Labute approximate surface area is 207 Å². The van der Waals surface area contributed by atoms with Crippen molar-refractivity contribution in [2.45, 2.75) is 46.5 Å². The summed E-state index contributed by atoms with van der Waals surface area (Å²) in [5.41, 5.74) is 3.25. The maximum Gasteiger partial charge on any atom is 0.322 e. The number of nitrogens with one attached hydrogen (secondary N) is 2. The molecule has 0 spiro atoms. The van der Waals surface area contributed by atoms with Crippen LogP contribution in [0.1, 0.15) is 45.4 Å². The molecule has 0 saturated heterocycles. The van der Waals surface area contributed by atoms with Gasteiger partial charge in [-0.15, -0.1) is 0 Å². The minimum atomic E-state index is -0.338. The molecule has 3 rings (SSSR count). The van der Waals surface area contributed by atoms with E-state index < -0.39 is 0 Å². The van der Waals surface area contributed by atoms with Gasteiger partial charge in [-0.05, 0) is 55.3 Å². The fourth-order valence-electron chi connectivity index (χ4n) is 3.55. The van der Waals surface area contributed by atoms with E-state index in [1.54, 1.807) is 36.1 Å². The van der Waals surface area contributed by atoms with Gasteiger partial charge in [-0.2, -0.15) is 5.10 Å². The topological polar surface area (TPSA) is 88.5 Å². The number of methoxy groups -OCH3 is 1. The molecule has 0 radical (unpaired) electrons. The fraction of sp³-hybridized carbons (Fsp3) is 0.370. The van der Waals surface area contributed by atoms with Gasteiger partial charge in [0.2, 0.25) is 5.91 Å². The first-order valence-electron chi connectivity index (χ1n) is 11.8. The van der Waals surface area contributed by atoms with Crippen LogP contribution < -0.4 is 15.4 Å². The minimum absolute atomic E-state index is 0.0837. The summed E-state index contributed by atoms with van der Waals surface area (Å²) in [6.45, 7) is 10.6. The van der Waals surface area contributed by atoms with Gasteiger partial charge in [-0.1, -0.05) is 39.8 Å². The number of nitrogens with zero attached hydrogens (tertiary/aromatic N) is 3. The van der Waals surface area contributed by atoms with Gasteiger partial charge >= 0.3 is 6.03 Å². The number of hydrogen-bond acceptors (Lipinski definition) is 4. The minimum Gasteiger partial charge on any atom is -0.497 e. The Balaban J connectivity index is 1.77. The Morgan fingerprint density at radius 3 is 2.37 bits per heavy atom.